The van der Waals surface area contributed by atoms with Gasteiger partial charge in [-0.1, -0.05) is 52.9 Å². The van der Waals surface area contributed by atoms with Gasteiger partial charge in [0.1, 0.15) is 12.7 Å². The number of hydrogen-bond acceptors (Lipinski definition) is 4. The Bertz CT molecular complexity index is 474. The maximum atomic E-state index is 12.2. The number of benzene rings is 1. The molecule has 0 aromatic heterocycles. The Balaban J connectivity index is 2.17. The molecule has 1 aromatic rings. The first-order valence-electron chi connectivity index (χ1n) is 6.62. The highest BCUT2D eigenvalue weighted by atomic mass is 127. The topological polar surface area (TPSA) is 52.6 Å². The zero-order chi connectivity index (χ0) is 14.5. The van der Waals surface area contributed by atoms with Gasteiger partial charge in [-0.15, -0.1) is 0 Å². The molecule has 0 saturated carbocycles. The Morgan fingerprint density at radius 1 is 1.25 bits per heavy atom. The van der Waals surface area contributed by atoms with Crippen LogP contribution in [-0.2, 0) is 25.5 Å². The second-order valence-corrected chi connectivity index (χ2v) is 6.29. The molecule has 1 aromatic carbocycles. The van der Waals surface area contributed by atoms with Crippen molar-refractivity contribution in [3.8, 4) is 0 Å². The van der Waals surface area contributed by atoms with Gasteiger partial charge >= 0.3 is 11.9 Å². The highest BCUT2D eigenvalue weighted by Crippen LogP contribution is 2.26. The zero-order valence-electron chi connectivity index (χ0n) is 11.3. The molecule has 1 heterocycles. The van der Waals surface area contributed by atoms with Crippen LogP contribution in [0.4, 0.5) is 0 Å². The molecule has 0 spiro atoms. The molecule has 3 atom stereocenters. The molecule has 20 heavy (non-hydrogen) atoms. The normalized spacial score (nSPS) is 27.8. The Morgan fingerprint density at radius 3 is 2.65 bits per heavy atom. The van der Waals surface area contributed by atoms with Gasteiger partial charge in [-0.3, -0.25) is 9.59 Å². The molecular formula is C15H17IO4. The molecular weight excluding hydrogens is 371 g/mol. The van der Waals surface area contributed by atoms with E-state index in [0.29, 0.717) is 6.42 Å². The lowest BCUT2D eigenvalue weighted by molar-refractivity contribution is -0.149. The minimum absolute atomic E-state index is 0.0963. The van der Waals surface area contributed by atoms with Gasteiger partial charge in [0.05, 0.1) is 16.3 Å². The lowest BCUT2D eigenvalue weighted by Gasteiger charge is -2.24. The van der Waals surface area contributed by atoms with Crippen LogP contribution in [0, 0.1) is 5.92 Å². The van der Waals surface area contributed by atoms with Crippen molar-refractivity contribution in [1.82, 2.24) is 0 Å². The molecule has 108 valence electrons. The van der Waals surface area contributed by atoms with Crippen molar-refractivity contribution in [1.29, 1.82) is 0 Å². The monoisotopic (exact) mass is 388 g/mol. The Kier molecular flexibility index (Phi) is 5.39. The maximum absolute atomic E-state index is 12.2. The van der Waals surface area contributed by atoms with E-state index in [9.17, 15) is 9.59 Å². The van der Waals surface area contributed by atoms with E-state index in [-0.39, 0.29) is 40.9 Å². The molecule has 0 amide bonds. The average molecular weight is 388 g/mol. The molecule has 1 unspecified atom stereocenters. The third-order valence-corrected chi connectivity index (χ3v) is 5.18. The molecule has 1 saturated heterocycles. The van der Waals surface area contributed by atoms with E-state index in [2.05, 4.69) is 22.6 Å². The van der Waals surface area contributed by atoms with Crippen molar-refractivity contribution in [2.24, 2.45) is 5.92 Å². The van der Waals surface area contributed by atoms with E-state index in [1.807, 2.05) is 37.3 Å². The van der Waals surface area contributed by atoms with Gasteiger partial charge < -0.3 is 9.47 Å². The van der Waals surface area contributed by atoms with E-state index in [0.717, 1.165) is 5.56 Å². The van der Waals surface area contributed by atoms with Crippen molar-refractivity contribution in [3.05, 3.63) is 35.9 Å². The number of ether oxygens (including phenoxy) is 2. The number of alkyl halides is 1. The van der Waals surface area contributed by atoms with E-state index in [4.69, 9.17) is 9.47 Å². The first-order chi connectivity index (χ1) is 9.58. The lowest BCUT2D eigenvalue weighted by Crippen LogP contribution is -2.35. The molecule has 0 radical (unpaired) electrons. The van der Waals surface area contributed by atoms with Crippen LogP contribution in [0.5, 0.6) is 0 Å². The Labute approximate surface area is 132 Å². The predicted molar refractivity (Wildman–Crippen MR) is 82.6 cm³/mol. The van der Waals surface area contributed by atoms with Gasteiger partial charge in [0.25, 0.3) is 0 Å². The van der Waals surface area contributed by atoms with Crippen LogP contribution in [0.15, 0.2) is 30.3 Å². The average Bonchev–Trinajstić information content (AvgIpc) is 2.47. The summed E-state index contributed by atoms with van der Waals surface area (Å²) < 4.78 is 10.4. The van der Waals surface area contributed by atoms with Crippen molar-refractivity contribution >= 4 is 34.5 Å². The van der Waals surface area contributed by atoms with E-state index < -0.39 is 0 Å². The summed E-state index contributed by atoms with van der Waals surface area (Å²) in [5, 5.41) is 0. The van der Waals surface area contributed by atoms with Crippen molar-refractivity contribution in [2.75, 3.05) is 6.61 Å². The zero-order valence-corrected chi connectivity index (χ0v) is 13.4. The second kappa shape index (κ2) is 7.06. The highest BCUT2D eigenvalue weighted by Gasteiger charge is 2.34. The molecule has 0 bridgehead atoms. The summed E-state index contributed by atoms with van der Waals surface area (Å²) in [5.41, 5.74) is 1.08. The van der Waals surface area contributed by atoms with Crippen LogP contribution in [0.3, 0.4) is 0 Å². The third kappa shape index (κ3) is 3.94. The van der Waals surface area contributed by atoms with Crippen molar-refractivity contribution in [2.45, 2.75) is 29.8 Å². The van der Waals surface area contributed by atoms with Crippen LogP contribution in [0.25, 0.3) is 0 Å². The minimum Gasteiger partial charge on any atom is -0.465 e. The number of carbonyl (C=O) groups is 2. The summed E-state index contributed by atoms with van der Waals surface area (Å²) in [6.45, 7) is 1.92. The van der Waals surface area contributed by atoms with Crippen LogP contribution in [-0.4, -0.2) is 28.6 Å². The van der Waals surface area contributed by atoms with Crippen LogP contribution in [0.1, 0.15) is 18.9 Å². The molecule has 0 aliphatic carbocycles. The number of hydrogen-bond donors (Lipinski definition) is 0. The van der Waals surface area contributed by atoms with Crippen molar-refractivity contribution in [3.63, 3.8) is 0 Å². The maximum Gasteiger partial charge on any atom is 0.310 e. The number of rotatable bonds is 2. The molecule has 1 fully saturated rings. The summed E-state index contributed by atoms with van der Waals surface area (Å²) in [7, 11) is 0. The van der Waals surface area contributed by atoms with Gasteiger partial charge in [0, 0.05) is 0 Å². The van der Waals surface area contributed by atoms with E-state index in [1.165, 1.54) is 0 Å². The number of carbonyl (C=O) groups excluding carboxylic acids is 2. The molecule has 1 aliphatic heterocycles. The van der Waals surface area contributed by atoms with Gasteiger partial charge in [0.2, 0.25) is 0 Å². The van der Waals surface area contributed by atoms with Crippen LogP contribution in [0.2, 0.25) is 0 Å². The fraction of sp³-hybridized carbons (Fsp3) is 0.467. The van der Waals surface area contributed by atoms with Crippen molar-refractivity contribution < 1.29 is 19.1 Å². The second-order valence-electron chi connectivity index (χ2n) is 4.85. The predicted octanol–water partition coefficient (Wildman–Crippen LogP) is 2.53. The SMILES string of the molecule is C[C@@H]1OC(=O)CCOC(=O)[C@H](Cc2ccccc2)C1I. The fourth-order valence-corrected chi connectivity index (χ4v) is 2.89. The summed E-state index contributed by atoms with van der Waals surface area (Å²) in [6.07, 6.45) is 0.412. The number of halogens is 1. The molecule has 4 nitrogen and oxygen atoms in total. The minimum atomic E-state index is -0.313. The Hall–Kier alpha value is -1.11. The summed E-state index contributed by atoms with van der Waals surface area (Å²) in [6, 6.07) is 9.81. The largest absolute Gasteiger partial charge is 0.465 e. The van der Waals surface area contributed by atoms with E-state index >= 15 is 0 Å². The Morgan fingerprint density at radius 2 is 1.95 bits per heavy atom. The van der Waals surface area contributed by atoms with E-state index in [1.54, 1.807) is 0 Å². The highest BCUT2D eigenvalue weighted by molar-refractivity contribution is 14.1. The summed E-state index contributed by atoms with van der Waals surface area (Å²) >= 11 is 2.18. The number of cyclic esters (lactones) is 2. The van der Waals surface area contributed by atoms with Gasteiger partial charge in [-0.2, -0.15) is 0 Å². The smallest absolute Gasteiger partial charge is 0.310 e. The summed E-state index contributed by atoms with van der Waals surface area (Å²) in [4.78, 5) is 23.7. The van der Waals surface area contributed by atoms with Crippen LogP contribution >= 0.6 is 22.6 Å². The third-order valence-electron chi connectivity index (χ3n) is 3.30. The standard InChI is InChI=1S/C15H17IO4/c1-10-14(16)12(9-11-5-3-2-4-6-11)15(18)19-8-7-13(17)20-10/h2-6,10,12,14H,7-9H2,1H3/t10-,12+,14?/m0/s1. The lowest BCUT2D eigenvalue weighted by atomic mass is 9.94. The quantitative estimate of drug-likeness (QED) is 0.444. The first-order valence-corrected chi connectivity index (χ1v) is 7.86. The first kappa shape index (κ1) is 15.3. The van der Waals surface area contributed by atoms with Gasteiger partial charge in [-0.25, -0.2) is 0 Å². The van der Waals surface area contributed by atoms with Gasteiger partial charge in [-0.05, 0) is 18.9 Å². The summed E-state index contributed by atoms with van der Waals surface area (Å²) in [5.74, 6) is -0.871. The number of esters is 2. The van der Waals surface area contributed by atoms with Gasteiger partial charge in [0.15, 0.2) is 0 Å². The molecule has 0 N–H and O–H groups in total. The fourth-order valence-electron chi connectivity index (χ4n) is 2.19. The molecule has 2 rings (SSSR count). The molecule has 5 heteroatoms. The molecule has 1 aliphatic rings. The van der Waals surface area contributed by atoms with Crippen LogP contribution < -0.4 is 0 Å².